The van der Waals surface area contributed by atoms with Crippen LogP contribution in [0.25, 0.3) is 10.9 Å². The van der Waals surface area contributed by atoms with Crippen LogP contribution in [0.4, 0.5) is 5.69 Å². The molecule has 2 nitrogen and oxygen atoms in total. The van der Waals surface area contributed by atoms with Crippen molar-refractivity contribution in [3.63, 3.8) is 0 Å². The molecule has 1 atom stereocenters. The van der Waals surface area contributed by atoms with E-state index in [2.05, 4.69) is 64.9 Å². The average Bonchev–Trinajstić information content (AvgIpc) is 2.81. The Kier molecular flexibility index (Phi) is 3.36. The second-order valence-electron chi connectivity index (χ2n) is 5.54. The topological polar surface area (TPSA) is 27.8 Å². The molecule has 106 valence electrons. The van der Waals surface area contributed by atoms with Crippen molar-refractivity contribution in [2.75, 3.05) is 11.9 Å². The number of H-pyrrole nitrogens is 1. The number of aromatic amines is 1. The van der Waals surface area contributed by atoms with Crippen LogP contribution in [0.3, 0.4) is 0 Å². The quantitative estimate of drug-likeness (QED) is 0.718. The van der Waals surface area contributed by atoms with Crippen LogP contribution in [0, 0.1) is 0 Å². The first kappa shape index (κ1) is 12.8. The van der Waals surface area contributed by atoms with E-state index in [4.69, 9.17) is 0 Å². The van der Waals surface area contributed by atoms with Gasteiger partial charge in [0.2, 0.25) is 0 Å². The van der Waals surface area contributed by atoms with E-state index in [1.54, 1.807) is 0 Å². The van der Waals surface area contributed by atoms with E-state index >= 15 is 0 Å². The molecule has 2 N–H and O–H groups in total. The first-order chi connectivity index (χ1) is 10.4. The van der Waals surface area contributed by atoms with Gasteiger partial charge >= 0.3 is 0 Å². The Morgan fingerprint density at radius 1 is 1.00 bits per heavy atom. The minimum atomic E-state index is 0.602. The summed E-state index contributed by atoms with van der Waals surface area (Å²) in [6.07, 6.45) is 2.37. The van der Waals surface area contributed by atoms with Gasteiger partial charge in [-0.1, -0.05) is 36.4 Å². The monoisotopic (exact) mass is 294 g/mol. The van der Waals surface area contributed by atoms with Crippen molar-refractivity contribution in [3.8, 4) is 0 Å². The molecule has 1 aliphatic heterocycles. The van der Waals surface area contributed by atoms with Crippen LogP contribution in [0.2, 0.25) is 0 Å². The Morgan fingerprint density at radius 2 is 1.86 bits per heavy atom. The number of para-hydroxylation sites is 2. The molecule has 21 heavy (non-hydrogen) atoms. The first-order valence-electron chi connectivity index (χ1n) is 7.45. The van der Waals surface area contributed by atoms with Crippen molar-refractivity contribution in [1.29, 1.82) is 0 Å². The Bertz CT molecular complexity index is 703. The van der Waals surface area contributed by atoms with Crippen molar-refractivity contribution in [3.05, 3.63) is 60.2 Å². The Labute approximate surface area is 129 Å². The molecule has 3 aromatic rings. The highest BCUT2D eigenvalue weighted by molar-refractivity contribution is 7.99. The summed E-state index contributed by atoms with van der Waals surface area (Å²) in [5.41, 5.74) is 3.97. The van der Waals surface area contributed by atoms with E-state index in [0.717, 1.165) is 13.0 Å². The average molecular weight is 294 g/mol. The largest absolute Gasteiger partial charge is 0.384 e. The summed E-state index contributed by atoms with van der Waals surface area (Å²) < 4.78 is 0. The zero-order valence-corrected chi connectivity index (χ0v) is 12.6. The van der Waals surface area contributed by atoms with E-state index in [1.165, 1.54) is 33.6 Å². The molecule has 2 heterocycles. The molecule has 0 amide bonds. The minimum Gasteiger partial charge on any atom is -0.384 e. The molecule has 1 aromatic heterocycles. The van der Waals surface area contributed by atoms with Crippen LogP contribution in [-0.2, 0) is 6.42 Å². The summed E-state index contributed by atoms with van der Waals surface area (Å²) in [7, 11) is 0. The summed E-state index contributed by atoms with van der Waals surface area (Å²) >= 11 is 1.96. The van der Waals surface area contributed by atoms with Gasteiger partial charge in [-0.2, -0.15) is 0 Å². The maximum Gasteiger partial charge on any atom is 0.0735 e. The van der Waals surface area contributed by atoms with E-state index < -0.39 is 0 Å². The molecule has 0 saturated heterocycles. The number of aromatic nitrogens is 1. The standard InChI is InChI=1S/C18H18N2S/c1-3-7-16-13(5-1)9-10-15(12-19-16)21-18-11-14-6-2-4-8-17(14)20-18/h1-8,11,15,19-20H,9-10,12H2. The van der Waals surface area contributed by atoms with Gasteiger partial charge in [-0.05, 0) is 36.6 Å². The molecule has 3 heteroatoms. The minimum absolute atomic E-state index is 0.602. The molecular formula is C18H18N2S. The number of hydrogen-bond acceptors (Lipinski definition) is 2. The second kappa shape index (κ2) is 5.49. The summed E-state index contributed by atoms with van der Waals surface area (Å²) in [6.45, 7) is 1.02. The number of hydrogen-bond donors (Lipinski definition) is 2. The van der Waals surface area contributed by atoms with Crippen LogP contribution < -0.4 is 5.32 Å². The van der Waals surface area contributed by atoms with Crippen molar-refractivity contribution >= 4 is 28.4 Å². The molecule has 4 rings (SSSR count). The third-order valence-electron chi connectivity index (χ3n) is 4.07. The van der Waals surface area contributed by atoms with Crippen molar-refractivity contribution in [1.82, 2.24) is 4.98 Å². The van der Waals surface area contributed by atoms with Crippen LogP contribution >= 0.6 is 11.8 Å². The smallest absolute Gasteiger partial charge is 0.0735 e. The normalized spacial score (nSPS) is 18.0. The highest BCUT2D eigenvalue weighted by Gasteiger charge is 2.17. The number of thioether (sulfide) groups is 1. The lowest BCUT2D eigenvalue weighted by Crippen LogP contribution is -2.14. The van der Waals surface area contributed by atoms with Gasteiger partial charge in [-0.15, -0.1) is 11.8 Å². The molecule has 0 bridgehead atoms. The number of nitrogens with one attached hydrogen (secondary N) is 2. The van der Waals surface area contributed by atoms with Gasteiger partial charge < -0.3 is 10.3 Å². The lowest BCUT2D eigenvalue weighted by Gasteiger charge is -2.12. The van der Waals surface area contributed by atoms with Crippen LogP contribution in [0.1, 0.15) is 12.0 Å². The zero-order chi connectivity index (χ0) is 14.1. The van der Waals surface area contributed by atoms with Gasteiger partial charge in [0.15, 0.2) is 0 Å². The number of aryl methyl sites for hydroxylation is 1. The lowest BCUT2D eigenvalue weighted by atomic mass is 10.1. The molecule has 0 fully saturated rings. The third-order valence-corrected chi connectivity index (χ3v) is 5.28. The van der Waals surface area contributed by atoms with Gasteiger partial charge in [0, 0.05) is 28.4 Å². The zero-order valence-electron chi connectivity index (χ0n) is 11.8. The van der Waals surface area contributed by atoms with Gasteiger partial charge in [-0.3, -0.25) is 0 Å². The fraction of sp³-hybridized carbons (Fsp3) is 0.222. The SMILES string of the molecule is c1ccc2c(c1)CCC(Sc1cc3ccccc3[nH]1)CN2. The fourth-order valence-electron chi connectivity index (χ4n) is 2.94. The summed E-state index contributed by atoms with van der Waals surface area (Å²) in [4.78, 5) is 3.52. The van der Waals surface area contributed by atoms with Crippen LogP contribution in [0.15, 0.2) is 59.6 Å². The van der Waals surface area contributed by atoms with Crippen LogP contribution in [0.5, 0.6) is 0 Å². The summed E-state index contributed by atoms with van der Waals surface area (Å²) in [5, 5.41) is 6.77. The molecule has 0 aliphatic carbocycles. The van der Waals surface area contributed by atoms with Crippen molar-refractivity contribution in [2.45, 2.75) is 23.1 Å². The highest BCUT2D eigenvalue weighted by Crippen LogP contribution is 2.31. The number of anilines is 1. The van der Waals surface area contributed by atoms with Crippen molar-refractivity contribution in [2.24, 2.45) is 0 Å². The molecule has 2 aromatic carbocycles. The molecular weight excluding hydrogens is 276 g/mol. The molecule has 1 aliphatic rings. The maximum atomic E-state index is 3.59. The maximum absolute atomic E-state index is 3.59. The van der Waals surface area contributed by atoms with Gasteiger partial charge in [0.25, 0.3) is 0 Å². The Balaban J connectivity index is 1.51. The number of rotatable bonds is 2. The lowest BCUT2D eigenvalue weighted by molar-refractivity contribution is 0.802. The fourth-order valence-corrected chi connectivity index (χ4v) is 4.07. The predicted octanol–water partition coefficient (Wildman–Crippen LogP) is 4.69. The summed E-state index contributed by atoms with van der Waals surface area (Å²) in [5.74, 6) is 0. The number of fused-ring (bicyclic) bond motifs is 2. The van der Waals surface area contributed by atoms with Crippen LogP contribution in [-0.4, -0.2) is 16.8 Å². The third kappa shape index (κ3) is 2.66. The molecule has 0 spiro atoms. The molecule has 1 unspecified atom stereocenters. The van der Waals surface area contributed by atoms with Gasteiger partial charge in [0.1, 0.15) is 0 Å². The van der Waals surface area contributed by atoms with E-state index in [0.29, 0.717) is 5.25 Å². The van der Waals surface area contributed by atoms with Crippen molar-refractivity contribution < 1.29 is 0 Å². The predicted molar refractivity (Wildman–Crippen MR) is 91.2 cm³/mol. The van der Waals surface area contributed by atoms with E-state index in [9.17, 15) is 0 Å². The first-order valence-corrected chi connectivity index (χ1v) is 8.33. The van der Waals surface area contributed by atoms with Gasteiger partial charge in [-0.25, -0.2) is 0 Å². The number of benzene rings is 2. The second-order valence-corrected chi connectivity index (χ2v) is 6.88. The Hall–Kier alpha value is -1.87. The Morgan fingerprint density at radius 3 is 2.81 bits per heavy atom. The summed E-state index contributed by atoms with van der Waals surface area (Å²) in [6, 6.07) is 19.4. The van der Waals surface area contributed by atoms with E-state index in [-0.39, 0.29) is 0 Å². The molecule has 0 saturated carbocycles. The van der Waals surface area contributed by atoms with E-state index in [1.807, 2.05) is 11.8 Å². The molecule has 0 radical (unpaired) electrons. The highest BCUT2D eigenvalue weighted by atomic mass is 32.2. The van der Waals surface area contributed by atoms with Gasteiger partial charge in [0.05, 0.1) is 5.03 Å².